The highest BCUT2D eigenvalue weighted by Gasteiger charge is 2.29. The monoisotopic (exact) mass is 493 g/mol. The summed E-state index contributed by atoms with van der Waals surface area (Å²) in [5, 5.41) is 8.92. The largest absolute Gasteiger partial charge is 0.497 e. The van der Waals surface area contributed by atoms with E-state index in [1.165, 1.54) is 5.69 Å². The van der Waals surface area contributed by atoms with E-state index >= 15 is 0 Å². The van der Waals surface area contributed by atoms with Crippen LogP contribution in [0.25, 0.3) is 11.3 Å². The van der Waals surface area contributed by atoms with Crippen molar-refractivity contribution < 1.29 is 13.2 Å². The molecule has 2 aromatic carbocycles. The number of ether oxygens (including phenoxy) is 1. The number of anilines is 2. The van der Waals surface area contributed by atoms with Gasteiger partial charge in [0.1, 0.15) is 5.75 Å². The van der Waals surface area contributed by atoms with Gasteiger partial charge in [0.15, 0.2) is 5.82 Å². The zero-order chi connectivity index (χ0) is 24.4. The Morgan fingerprint density at radius 2 is 1.49 bits per heavy atom. The predicted molar refractivity (Wildman–Crippen MR) is 138 cm³/mol. The Morgan fingerprint density at radius 3 is 2.11 bits per heavy atom. The Kier molecular flexibility index (Phi) is 6.62. The number of hydrogen-bond acceptors (Lipinski definition) is 7. The van der Waals surface area contributed by atoms with Crippen molar-refractivity contribution in [3.8, 4) is 17.0 Å². The number of sulfonamides is 1. The molecule has 0 bridgehead atoms. The van der Waals surface area contributed by atoms with E-state index in [2.05, 4.69) is 32.1 Å². The molecule has 35 heavy (non-hydrogen) atoms. The Labute approximate surface area is 207 Å². The summed E-state index contributed by atoms with van der Waals surface area (Å²) in [7, 11) is -1.82. The van der Waals surface area contributed by atoms with E-state index in [1.807, 2.05) is 43.3 Å². The highest BCUT2D eigenvalue weighted by Crippen LogP contribution is 2.29. The van der Waals surface area contributed by atoms with Gasteiger partial charge in [-0.25, -0.2) is 8.42 Å². The number of piperazine rings is 1. The minimum atomic E-state index is -3.49. The van der Waals surface area contributed by atoms with E-state index in [9.17, 15) is 8.42 Å². The van der Waals surface area contributed by atoms with Crippen molar-refractivity contribution in [2.45, 2.75) is 24.7 Å². The van der Waals surface area contributed by atoms with Crippen LogP contribution in [0.5, 0.6) is 5.75 Å². The maximum Gasteiger partial charge on any atom is 0.243 e. The summed E-state index contributed by atoms with van der Waals surface area (Å²) in [5.74, 6) is 1.69. The molecule has 1 aromatic heterocycles. The third-order valence-electron chi connectivity index (χ3n) is 6.86. The molecule has 0 amide bonds. The van der Waals surface area contributed by atoms with Crippen molar-refractivity contribution in [1.82, 2.24) is 14.5 Å². The van der Waals surface area contributed by atoms with Crippen LogP contribution in [0.2, 0.25) is 0 Å². The van der Waals surface area contributed by atoms with Gasteiger partial charge in [-0.05, 0) is 67.8 Å². The molecule has 0 N–H and O–H groups in total. The van der Waals surface area contributed by atoms with Crippen LogP contribution < -0.4 is 14.5 Å². The van der Waals surface area contributed by atoms with Gasteiger partial charge in [-0.3, -0.25) is 0 Å². The Hall–Kier alpha value is -3.17. The zero-order valence-electron chi connectivity index (χ0n) is 20.2. The summed E-state index contributed by atoms with van der Waals surface area (Å²) < 4.78 is 33.1. The van der Waals surface area contributed by atoms with Crippen molar-refractivity contribution >= 4 is 21.5 Å². The summed E-state index contributed by atoms with van der Waals surface area (Å²) in [6.45, 7) is 6.51. The smallest absolute Gasteiger partial charge is 0.243 e. The van der Waals surface area contributed by atoms with E-state index in [0.29, 0.717) is 23.7 Å². The van der Waals surface area contributed by atoms with Gasteiger partial charge in [-0.15, -0.1) is 10.2 Å². The van der Waals surface area contributed by atoms with E-state index in [-0.39, 0.29) is 0 Å². The number of aromatic nitrogens is 2. The number of rotatable bonds is 6. The second-order valence-electron chi connectivity index (χ2n) is 9.04. The maximum absolute atomic E-state index is 13.1. The van der Waals surface area contributed by atoms with E-state index in [0.717, 1.165) is 61.7 Å². The molecule has 2 aliphatic heterocycles. The fourth-order valence-electron chi connectivity index (χ4n) is 4.74. The number of methoxy groups -OCH3 is 1. The van der Waals surface area contributed by atoms with Crippen LogP contribution in [0.4, 0.5) is 11.5 Å². The fraction of sp³-hybridized carbons (Fsp3) is 0.385. The first-order chi connectivity index (χ1) is 17.0. The molecule has 184 valence electrons. The third-order valence-corrected chi connectivity index (χ3v) is 8.90. The van der Waals surface area contributed by atoms with Crippen LogP contribution >= 0.6 is 0 Å². The molecule has 0 spiro atoms. The van der Waals surface area contributed by atoms with Gasteiger partial charge >= 0.3 is 0 Å². The van der Waals surface area contributed by atoms with Gasteiger partial charge in [0.25, 0.3) is 0 Å². The number of hydrogen-bond donors (Lipinski definition) is 0. The van der Waals surface area contributed by atoms with Crippen LogP contribution in [0.3, 0.4) is 0 Å². The molecule has 8 nitrogen and oxygen atoms in total. The van der Waals surface area contributed by atoms with E-state index in [1.54, 1.807) is 17.5 Å². The quantitative estimate of drug-likeness (QED) is 0.519. The average Bonchev–Trinajstić information content (AvgIpc) is 3.46. The summed E-state index contributed by atoms with van der Waals surface area (Å²) in [5.41, 5.74) is 3.37. The Bertz CT molecular complexity index is 1270. The second-order valence-corrected chi connectivity index (χ2v) is 10.9. The molecule has 3 heterocycles. The van der Waals surface area contributed by atoms with Crippen molar-refractivity contribution in [2.75, 3.05) is 56.2 Å². The topological polar surface area (TPSA) is 78.9 Å². The minimum Gasteiger partial charge on any atom is -0.497 e. The second kappa shape index (κ2) is 9.83. The summed E-state index contributed by atoms with van der Waals surface area (Å²) in [6, 6.07) is 17.5. The Balaban J connectivity index is 1.28. The summed E-state index contributed by atoms with van der Waals surface area (Å²) in [4.78, 5) is 4.94. The van der Waals surface area contributed by atoms with Gasteiger partial charge in [-0.2, -0.15) is 4.31 Å². The standard InChI is InChI=1S/C26H31N5O3S/c1-20-5-6-21(19-25(20)35(32,33)31-13-3-4-14-31)24-11-12-26(28-27-24)30-17-15-29(16-18-30)22-7-9-23(34-2)10-8-22/h5-12,19H,3-4,13-18H2,1-2H3. The Morgan fingerprint density at radius 1 is 0.800 bits per heavy atom. The van der Waals surface area contributed by atoms with Crippen LogP contribution in [-0.4, -0.2) is 69.3 Å². The predicted octanol–water partition coefficient (Wildman–Crippen LogP) is 3.57. The minimum absolute atomic E-state index is 0.359. The van der Waals surface area contributed by atoms with Crippen LogP contribution in [-0.2, 0) is 10.0 Å². The molecule has 2 aliphatic rings. The molecule has 0 atom stereocenters. The highest BCUT2D eigenvalue weighted by atomic mass is 32.2. The lowest BCUT2D eigenvalue weighted by molar-refractivity contribution is 0.415. The lowest BCUT2D eigenvalue weighted by Crippen LogP contribution is -2.46. The maximum atomic E-state index is 13.1. The lowest BCUT2D eigenvalue weighted by Gasteiger charge is -2.36. The molecule has 0 unspecified atom stereocenters. The molecular formula is C26H31N5O3S. The van der Waals surface area contributed by atoms with Crippen LogP contribution in [0.15, 0.2) is 59.5 Å². The molecule has 0 radical (unpaired) electrons. The molecule has 2 fully saturated rings. The van der Waals surface area contributed by atoms with Crippen LogP contribution in [0, 0.1) is 6.92 Å². The summed E-state index contributed by atoms with van der Waals surface area (Å²) in [6.07, 6.45) is 1.83. The first-order valence-corrected chi connectivity index (χ1v) is 13.5. The van der Waals surface area contributed by atoms with Crippen molar-refractivity contribution in [3.63, 3.8) is 0 Å². The van der Waals surface area contributed by atoms with Gasteiger partial charge in [-0.1, -0.05) is 12.1 Å². The average molecular weight is 494 g/mol. The van der Waals surface area contributed by atoms with Crippen molar-refractivity contribution in [2.24, 2.45) is 0 Å². The van der Waals surface area contributed by atoms with Gasteiger partial charge in [0, 0.05) is 50.5 Å². The van der Waals surface area contributed by atoms with Crippen LogP contribution in [0.1, 0.15) is 18.4 Å². The highest BCUT2D eigenvalue weighted by molar-refractivity contribution is 7.89. The number of benzene rings is 2. The molecule has 0 saturated carbocycles. The molecule has 9 heteroatoms. The van der Waals surface area contributed by atoms with Gasteiger partial charge < -0.3 is 14.5 Å². The van der Waals surface area contributed by atoms with Gasteiger partial charge in [0.05, 0.1) is 17.7 Å². The molecular weight excluding hydrogens is 462 g/mol. The third kappa shape index (κ3) is 4.83. The SMILES string of the molecule is COc1ccc(N2CCN(c3ccc(-c4ccc(C)c(S(=O)(=O)N5CCCC5)c4)nn3)CC2)cc1. The molecule has 3 aromatic rings. The lowest BCUT2D eigenvalue weighted by atomic mass is 10.1. The fourth-order valence-corrected chi connectivity index (χ4v) is 6.51. The van der Waals surface area contributed by atoms with Crippen molar-refractivity contribution in [3.05, 3.63) is 60.2 Å². The zero-order valence-corrected chi connectivity index (χ0v) is 21.0. The van der Waals surface area contributed by atoms with E-state index < -0.39 is 10.0 Å². The number of aryl methyl sites for hydroxylation is 1. The van der Waals surface area contributed by atoms with E-state index in [4.69, 9.17) is 4.74 Å². The summed E-state index contributed by atoms with van der Waals surface area (Å²) >= 11 is 0. The van der Waals surface area contributed by atoms with Crippen molar-refractivity contribution in [1.29, 1.82) is 0 Å². The normalized spacial score (nSPS) is 17.1. The van der Waals surface area contributed by atoms with Gasteiger partial charge in [0.2, 0.25) is 10.0 Å². The first-order valence-electron chi connectivity index (χ1n) is 12.0. The molecule has 0 aliphatic carbocycles. The molecule has 5 rings (SSSR count). The first kappa shape index (κ1) is 23.6. The molecule has 2 saturated heterocycles. The number of nitrogens with zero attached hydrogens (tertiary/aromatic N) is 5.